The van der Waals surface area contributed by atoms with Crippen LogP contribution in [0.15, 0.2) is 85.1 Å². The van der Waals surface area contributed by atoms with Crippen molar-refractivity contribution in [2.24, 2.45) is 0 Å². The Balaban J connectivity index is 1.47. The van der Waals surface area contributed by atoms with Gasteiger partial charge in [0.2, 0.25) is 0 Å². The Morgan fingerprint density at radius 1 is 0.878 bits per heavy atom. The molecule has 1 amide bonds. The zero-order chi connectivity index (χ0) is 29.1. The highest BCUT2D eigenvalue weighted by Crippen LogP contribution is 2.31. The van der Waals surface area contributed by atoms with Crippen molar-refractivity contribution in [3.05, 3.63) is 107 Å². The standard InChI is InChI=1S/C33H35N3O5/c1-33(2,3)41-32(39)36-18-17-26-27(11-8-12-28(26)36)30(37)35-20-19-34(21-23-9-6-5-7-10-23)22-29(35)24-13-15-25(16-14-24)31(38)40-4/h5-18,29H,19-22H2,1-4H3. The highest BCUT2D eigenvalue weighted by Gasteiger charge is 2.33. The van der Waals surface area contributed by atoms with Gasteiger partial charge in [-0.25, -0.2) is 9.59 Å². The van der Waals surface area contributed by atoms with Gasteiger partial charge in [-0.05, 0) is 62.2 Å². The lowest BCUT2D eigenvalue weighted by Gasteiger charge is -2.42. The molecule has 3 aromatic carbocycles. The number of methoxy groups -OCH3 is 1. The van der Waals surface area contributed by atoms with Crippen molar-refractivity contribution in [3.63, 3.8) is 0 Å². The molecule has 4 aromatic rings. The number of fused-ring (bicyclic) bond motifs is 1. The third-order valence-electron chi connectivity index (χ3n) is 7.24. The van der Waals surface area contributed by atoms with Gasteiger partial charge in [-0.2, -0.15) is 0 Å². The normalized spacial score (nSPS) is 16.0. The first-order valence-electron chi connectivity index (χ1n) is 13.7. The largest absolute Gasteiger partial charge is 0.465 e. The molecule has 0 bridgehead atoms. The second-order valence-electron chi connectivity index (χ2n) is 11.3. The smallest absolute Gasteiger partial charge is 0.418 e. The van der Waals surface area contributed by atoms with Gasteiger partial charge in [0.15, 0.2) is 0 Å². The Morgan fingerprint density at radius 3 is 2.29 bits per heavy atom. The zero-order valence-corrected chi connectivity index (χ0v) is 23.9. The molecule has 1 atom stereocenters. The fourth-order valence-electron chi connectivity index (χ4n) is 5.29. The number of esters is 1. The van der Waals surface area contributed by atoms with Crippen molar-refractivity contribution in [1.82, 2.24) is 14.4 Å². The number of carbonyl (C=O) groups excluding carboxylic acids is 3. The summed E-state index contributed by atoms with van der Waals surface area (Å²) in [6.45, 7) is 8.11. The van der Waals surface area contributed by atoms with E-state index in [0.29, 0.717) is 41.7 Å². The van der Waals surface area contributed by atoms with Crippen molar-refractivity contribution in [2.45, 2.75) is 39.0 Å². The first kappa shape index (κ1) is 28.1. The van der Waals surface area contributed by atoms with Crippen LogP contribution in [-0.2, 0) is 16.0 Å². The van der Waals surface area contributed by atoms with Crippen LogP contribution >= 0.6 is 0 Å². The molecule has 1 fully saturated rings. The molecule has 1 saturated heterocycles. The molecule has 1 aliphatic rings. The monoisotopic (exact) mass is 553 g/mol. The number of piperazine rings is 1. The third kappa shape index (κ3) is 6.18. The highest BCUT2D eigenvalue weighted by atomic mass is 16.6. The first-order chi connectivity index (χ1) is 19.6. The summed E-state index contributed by atoms with van der Waals surface area (Å²) < 4.78 is 11.9. The summed E-state index contributed by atoms with van der Waals surface area (Å²) in [5.74, 6) is -0.515. The molecule has 5 rings (SSSR count). The van der Waals surface area contributed by atoms with Crippen LogP contribution in [0.2, 0.25) is 0 Å². The minimum Gasteiger partial charge on any atom is -0.465 e. The number of amides is 1. The minimum atomic E-state index is -0.642. The molecule has 2 heterocycles. The van der Waals surface area contributed by atoms with E-state index in [-0.39, 0.29) is 11.9 Å². The van der Waals surface area contributed by atoms with E-state index in [0.717, 1.165) is 12.1 Å². The van der Waals surface area contributed by atoms with E-state index in [2.05, 4.69) is 17.0 Å². The Kier molecular flexibility index (Phi) is 7.94. The maximum absolute atomic E-state index is 14.2. The Hall–Kier alpha value is -4.43. The Morgan fingerprint density at radius 2 is 1.61 bits per heavy atom. The average molecular weight is 554 g/mol. The number of hydrogen-bond acceptors (Lipinski definition) is 6. The van der Waals surface area contributed by atoms with Crippen LogP contribution in [0, 0.1) is 0 Å². The van der Waals surface area contributed by atoms with Crippen LogP contribution in [0.1, 0.15) is 58.7 Å². The second kappa shape index (κ2) is 11.6. The van der Waals surface area contributed by atoms with Crippen LogP contribution in [0.3, 0.4) is 0 Å². The van der Waals surface area contributed by atoms with E-state index in [4.69, 9.17) is 9.47 Å². The number of ether oxygens (including phenoxy) is 2. The summed E-state index contributed by atoms with van der Waals surface area (Å²) >= 11 is 0. The number of benzene rings is 3. The Labute approximate surface area is 240 Å². The molecule has 41 heavy (non-hydrogen) atoms. The molecule has 1 unspecified atom stereocenters. The number of nitrogens with zero attached hydrogens (tertiary/aromatic N) is 3. The molecule has 0 spiro atoms. The summed E-state index contributed by atoms with van der Waals surface area (Å²) in [4.78, 5) is 43.3. The Bertz CT molecular complexity index is 1550. The first-order valence-corrected chi connectivity index (χ1v) is 13.7. The molecule has 8 nitrogen and oxygen atoms in total. The second-order valence-corrected chi connectivity index (χ2v) is 11.3. The fourth-order valence-corrected chi connectivity index (χ4v) is 5.29. The number of hydrogen-bond donors (Lipinski definition) is 0. The molecular weight excluding hydrogens is 518 g/mol. The van der Waals surface area contributed by atoms with Crippen LogP contribution in [0.5, 0.6) is 0 Å². The molecule has 0 radical (unpaired) electrons. The third-order valence-corrected chi connectivity index (χ3v) is 7.24. The van der Waals surface area contributed by atoms with Gasteiger partial charge in [-0.3, -0.25) is 14.3 Å². The van der Waals surface area contributed by atoms with Crippen LogP contribution in [0.4, 0.5) is 4.79 Å². The molecule has 8 heteroatoms. The van der Waals surface area contributed by atoms with Crippen LogP contribution in [0.25, 0.3) is 10.9 Å². The number of rotatable bonds is 5. The average Bonchev–Trinajstić information content (AvgIpc) is 3.41. The van der Waals surface area contributed by atoms with Crippen molar-refractivity contribution in [1.29, 1.82) is 0 Å². The molecule has 0 saturated carbocycles. The summed E-state index contributed by atoms with van der Waals surface area (Å²) in [7, 11) is 1.36. The topological polar surface area (TPSA) is 81.1 Å². The van der Waals surface area contributed by atoms with Gasteiger partial charge < -0.3 is 14.4 Å². The predicted octanol–water partition coefficient (Wildman–Crippen LogP) is 5.91. The molecule has 1 aliphatic heterocycles. The maximum Gasteiger partial charge on any atom is 0.418 e. The molecule has 212 valence electrons. The van der Waals surface area contributed by atoms with Gasteiger partial charge in [0, 0.05) is 43.3 Å². The summed E-state index contributed by atoms with van der Waals surface area (Å²) in [5, 5.41) is 0.690. The van der Waals surface area contributed by atoms with E-state index < -0.39 is 17.7 Å². The lowest BCUT2D eigenvalue weighted by atomic mass is 9.98. The van der Waals surface area contributed by atoms with Gasteiger partial charge in [0.25, 0.3) is 5.91 Å². The zero-order valence-electron chi connectivity index (χ0n) is 23.9. The fraction of sp³-hybridized carbons (Fsp3) is 0.303. The van der Waals surface area contributed by atoms with Gasteiger partial charge in [0.05, 0.1) is 24.2 Å². The predicted molar refractivity (Wildman–Crippen MR) is 157 cm³/mol. The van der Waals surface area contributed by atoms with Crippen molar-refractivity contribution in [3.8, 4) is 0 Å². The summed E-state index contributed by atoms with van der Waals surface area (Å²) in [6, 6.07) is 24.5. The van der Waals surface area contributed by atoms with Gasteiger partial charge in [-0.15, -0.1) is 0 Å². The number of aromatic nitrogens is 1. The quantitative estimate of drug-likeness (QED) is 0.286. The van der Waals surface area contributed by atoms with Crippen molar-refractivity contribution >= 4 is 28.9 Å². The van der Waals surface area contributed by atoms with Crippen molar-refractivity contribution in [2.75, 3.05) is 26.7 Å². The molecule has 0 N–H and O–H groups in total. The highest BCUT2D eigenvalue weighted by molar-refractivity contribution is 6.08. The van der Waals surface area contributed by atoms with E-state index >= 15 is 0 Å². The van der Waals surface area contributed by atoms with Crippen molar-refractivity contribution < 1.29 is 23.9 Å². The molecular formula is C33H35N3O5. The summed E-state index contributed by atoms with van der Waals surface area (Å²) in [5.41, 5.74) is 3.10. The maximum atomic E-state index is 14.2. The van der Waals surface area contributed by atoms with E-state index in [1.165, 1.54) is 17.2 Å². The SMILES string of the molecule is COC(=O)c1ccc(C2CN(Cc3ccccc3)CCN2C(=O)c2cccc3c2ccn3C(=O)OC(C)(C)C)cc1. The van der Waals surface area contributed by atoms with Gasteiger partial charge in [0.1, 0.15) is 5.60 Å². The lowest BCUT2D eigenvalue weighted by molar-refractivity contribution is 0.0434. The van der Waals surface area contributed by atoms with Gasteiger partial charge in [-0.1, -0.05) is 48.5 Å². The van der Waals surface area contributed by atoms with Crippen LogP contribution in [-0.4, -0.2) is 64.7 Å². The van der Waals surface area contributed by atoms with E-state index in [1.54, 1.807) is 36.5 Å². The molecule has 0 aliphatic carbocycles. The minimum absolute atomic E-state index is 0.112. The van der Waals surface area contributed by atoms with E-state index in [9.17, 15) is 14.4 Å². The van der Waals surface area contributed by atoms with Crippen LogP contribution < -0.4 is 0 Å². The number of carbonyl (C=O) groups is 3. The lowest BCUT2D eigenvalue weighted by Crippen LogP contribution is -2.50. The van der Waals surface area contributed by atoms with Gasteiger partial charge >= 0.3 is 12.1 Å². The van der Waals surface area contributed by atoms with E-state index in [1.807, 2.05) is 62.1 Å². The molecule has 1 aromatic heterocycles. The summed E-state index contributed by atoms with van der Waals surface area (Å²) in [6.07, 6.45) is 1.16.